The Morgan fingerprint density at radius 1 is 0.361 bits per heavy atom. The fraction of sp³-hybridized carbons (Fsp3) is 0.439. The molecule has 0 spiro atoms. The Balaban J connectivity index is 1.35. The fourth-order valence-electron chi connectivity index (χ4n) is 8.80. The molecule has 7 rings (SSSR count). The number of hydrogen-bond donors (Lipinski definition) is 0. The third kappa shape index (κ3) is 8.13. The van der Waals surface area contributed by atoms with E-state index in [0.717, 1.165) is 39.1 Å². The summed E-state index contributed by atoms with van der Waals surface area (Å²) in [4.78, 5) is 21.0. The van der Waals surface area contributed by atoms with Gasteiger partial charge in [-0.2, -0.15) is 0 Å². The molecule has 0 amide bonds. The van der Waals surface area contributed by atoms with E-state index in [9.17, 15) is 0 Å². The van der Waals surface area contributed by atoms with Crippen molar-refractivity contribution in [1.29, 1.82) is 0 Å². The highest BCUT2D eigenvalue weighted by atomic mass is 15.0. The van der Waals surface area contributed by atoms with Gasteiger partial charge in [-0.1, -0.05) is 173 Å². The van der Waals surface area contributed by atoms with Crippen LogP contribution in [0.3, 0.4) is 0 Å². The van der Waals surface area contributed by atoms with Crippen LogP contribution in [-0.4, -0.2) is 19.9 Å². The van der Waals surface area contributed by atoms with Crippen molar-refractivity contribution in [2.24, 2.45) is 5.41 Å². The molecule has 61 heavy (non-hydrogen) atoms. The average molecular weight is 811 g/mol. The van der Waals surface area contributed by atoms with E-state index in [2.05, 4.69) is 216 Å². The van der Waals surface area contributed by atoms with Gasteiger partial charge in [-0.25, -0.2) is 15.0 Å². The summed E-state index contributed by atoms with van der Waals surface area (Å²) < 4.78 is 0. The molecule has 318 valence electrons. The molecule has 0 unspecified atom stereocenters. The largest absolute Gasteiger partial charge is 0.256 e. The highest BCUT2D eigenvalue weighted by Crippen LogP contribution is 2.61. The van der Waals surface area contributed by atoms with Gasteiger partial charge < -0.3 is 0 Å². The summed E-state index contributed by atoms with van der Waals surface area (Å²) in [7, 11) is 0. The van der Waals surface area contributed by atoms with Gasteiger partial charge in [0.25, 0.3) is 0 Å². The van der Waals surface area contributed by atoms with Crippen LogP contribution in [-0.2, 0) is 32.5 Å². The Morgan fingerprint density at radius 2 is 0.770 bits per heavy atom. The summed E-state index contributed by atoms with van der Waals surface area (Å²) in [6, 6.07) is 33.7. The lowest BCUT2D eigenvalue weighted by molar-refractivity contribution is 0.125. The molecule has 0 atom stereocenters. The van der Waals surface area contributed by atoms with Crippen molar-refractivity contribution in [3.8, 4) is 56.5 Å². The van der Waals surface area contributed by atoms with E-state index in [1.807, 2.05) is 6.20 Å². The predicted molar refractivity (Wildman–Crippen MR) is 259 cm³/mol. The number of aromatic nitrogens is 4. The average Bonchev–Trinajstić information content (AvgIpc) is 3.28. The van der Waals surface area contributed by atoms with Crippen LogP contribution in [0.25, 0.3) is 56.5 Å². The summed E-state index contributed by atoms with van der Waals surface area (Å²) in [5.41, 5.74) is 15.1. The van der Waals surface area contributed by atoms with Crippen molar-refractivity contribution >= 4 is 0 Å². The minimum atomic E-state index is -0.0553. The van der Waals surface area contributed by atoms with Crippen molar-refractivity contribution in [3.05, 3.63) is 131 Å². The second-order valence-electron chi connectivity index (χ2n) is 23.6. The molecule has 0 radical (unpaired) electrons. The first-order valence-electron chi connectivity index (χ1n) is 22.3. The molecule has 4 nitrogen and oxygen atoms in total. The molecule has 1 aliphatic carbocycles. The molecule has 4 aromatic carbocycles. The normalized spacial score (nSPS) is 16.1. The van der Waals surface area contributed by atoms with Crippen LogP contribution in [0.4, 0.5) is 0 Å². The molecule has 0 saturated heterocycles. The van der Waals surface area contributed by atoms with Gasteiger partial charge in [0.1, 0.15) is 0 Å². The maximum absolute atomic E-state index is 5.33. The van der Waals surface area contributed by atoms with Crippen LogP contribution in [0.15, 0.2) is 97.2 Å². The Morgan fingerprint density at radius 3 is 1.20 bits per heavy atom. The number of fused-ring (bicyclic) bond motifs is 1. The molecule has 0 saturated carbocycles. The highest BCUT2D eigenvalue weighted by Gasteiger charge is 2.56. The monoisotopic (exact) mass is 811 g/mol. The molecule has 2 aromatic heterocycles. The summed E-state index contributed by atoms with van der Waals surface area (Å²) in [5.74, 6) is 2.00. The molecular formula is C57H70N4. The Labute approximate surface area is 368 Å². The van der Waals surface area contributed by atoms with Crippen molar-refractivity contribution < 1.29 is 0 Å². The van der Waals surface area contributed by atoms with Crippen LogP contribution in [0.2, 0.25) is 0 Å². The zero-order valence-electron chi connectivity index (χ0n) is 40.5. The third-order valence-corrected chi connectivity index (χ3v) is 14.5. The van der Waals surface area contributed by atoms with Gasteiger partial charge in [0, 0.05) is 34.0 Å². The van der Waals surface area contributed by atoms with E-state index in [-0.39, 0.29) is 37.9 Å². The number of hydrogen-bond acceptors (Lipinski definition) is 4. The first-order chi connectivity index (χ1) is 28.0. The molecular weight excluding hydrogens is 741 g/mol. The van der Waals surface area contributed by atoms with Crippen LogP contribution in [0.1, 0.15) is 158 Å². The summed E-state index contributed by atoms with van der Waals surface area (Å²) in [6.07, 6.45) is 2.00. The van der Waals surface area contributed by atoms with Gasteiger partial charge in [-0.3, -0.25) is 4.98 Å². The van der Waals surface area contributed by atoms with E-state index >= 15 is 0 Å². The van der Waals surface area contributed by atoms with E-state index < -0.39 is 0 Å². The Hall–Kier alpha value is -4.96. The molecule has 0 bridgehead atoms. The fourth-order valence-corrected chi connectivity index (χ4v) is 8.80. The maximum atomic E-state index is 5.33. The van der Waals surface area contributed by atoms with Crippen LogP contribution in [0, 0.1) is 5.41 Å². The van der Waals surface area contributed by atoms with Crippen molar-refractivity contribution in [2.45, 2.75) is 157 Å². The molecule has 6 aromatic rings. The smallest absolute Gasteiger partial charge is 0.164 e. The number of nitrogens with zero attached hydrogens (tertiary/aromatic N) is 4. The van der Waals surface area contributed by atoms with Gasteiger partial charge in [0.05, 0.1) is 5.69 Å². The zero-order chi connectivity index (χ0) is 44.9. The summed E-state index contributed by atoms with van der Waals surface area (Å²) >= 11 is 0. The van der Waals surface area contributed by atoms with Crippen molar-refractivity contribution in [3.63, 3.8) is 0 Å². The lowest BCUT2D eigenvalue weighted by atomic mass is 9.59. The number of benzene rings is 4. The van der Waals surface area contributed by atoms with E-state index in [0.29, 0.717) is 17.5 Å². The Bertz CT molecular complexity index is 2470. The van der Waals surface area contributed by atoms with E-state index in [1.165, 1.54) is 33.4 Å². The third-order valence-electron chi connectivity index (χ3n) is 14.5. The standard InChI is InChI=1S/C57H70N4/c1-51(2,3)41-27-39(28-42(32-41)52(4,5)6)49-59-48(60-50(61-49)40-29-43(53(7,8)9)33-44(30-40)54(10,11)12)37-21-19-20-35(26-37)38-23-25-47(58-34-38)36-22-24-45-46(31-36)56(15,16)57(17,18)55(45,13)14/h19-34H,1-18H3. The molecule has 4 heteroatoms. The molecule has 0 fully saturated rings. The van der Waals surface area contributed by atoms with Gasteiger partial charge in [0.2, 0.25) is 0 Å². The lowest BCUT2D eigenvalue weighted by Crippen LogP contribution is -2.42. The summed E-state index contributed by atoms with van der Waals surface area (Å²) in [6.45, 7) is 41.7. The predicted octanol–water partition coefficient (Wildman–Crippen LogP) is 15.4. The van der Waals surface area contributed by atoms with E-state index in [1.54, 1.807) is 0 Å². The topological polar surface area (TPSA) is 51.6 Å². The Kier molecular flexibility index (Phi) is 10.5. The molecule has 0 aliphatic heterocycles. The van der Waals surface area contributed by atoms with E-state index in [4.69, 9.17) is 19.9 Å². The maximum Gasteiger partial charge on any atom is 0.164 e. The zero-order valence-corrected chi connectivity index (χ0v) is 40.5. The van der Waals surface area contributed by atoms with Gasteiger partial charge >= 0.3 is 0 Å². The second kappa shape index (κ2) is 14.6. The molecule has 0 N–H and O–H groups in total. The second-order valence-corrected chi connectivity index (χ2v) is 23.6. The molecule has 2 heterocycles. The van der Waals surface area contributed by atoms with Gasteiger partial charge in [-0.05, 0) is 119 Å². The SMILES string of the molecule is CC(C)(C)c1cc(-c2nc(-c3cccc(-c4ccc(-c5ccc6c(c5)C(C)(C)C(C)(C)C6(C)C)nc4)c3)nc(-c3cc(C(C)(C)C)cc(C(C)(C)C)c3)n2)cc(C(C)(C)C)c1. The van der Waals surface area contributed by atoms with Gasteiger partial charge in [-0.15, -0.1) is 0 Å². The lowest BCUT2D eigenvalue weighted by Gasteiger charge is -2.44. The first-order valence-corrected chi connectivity index (χ1v) is 22.3. The van der Waals surface area contributed by atoms with Gasteiger partial charge in [0.15, 0.2) is 17.5 Å². The minimum absolute atomic E-state index is 0.0333. The first kappa shape index (κ1) is 44.1. The minimum Gasteiger partial charge on any atom is -0.256 e. The van der Waals surface area contributed by atoms with Crippen LogP contribution >= 0.6 is 0 Å². The number of pyridine rings is 1. The molecule has 1 aliphatic rings. The van der Waals surface area contributed by atoms with Crippen LogP contribution in [0.5, 0.6) is 0 Å². The van der Waals surface area contributed by atoms with Crippen LogP contribution < -0.4 is 0 Å². The van der Waals surface area contributed by atoms with Crippen molar-refractivity contribution in [1.82, 2.24) is 19.9 Å². The summed E-state index contributed by atoms with van der Waals surface area (Å²) in [5, 5.41) is 0. The highest BCUT2D eigenvalue weighted by molar-refractivity contribution is 5.74. The quantitative estimate of drug-likeness (QED) is 0.174. The number of rotatable bonds is 5. The van der Waals surface area contributed by atoms with Crippen molar-refractivity contribution in [2.75, 3.05) is 0 Å².